The highest BCUT2D eigenvalue weighted by Gasteiger charge is 2.24. The second-order valence-corrected chi connectivity index (χ2v) is 7.22. The summed E-state index contributed by atoms with van der Waals surface area (Å²) in [6.45, 7) is 1.42. The molecule has 1 aliphatic rings. The van der Waals surface area contributed by atoms with Crippen LogP contribution in [0.25, 0.3) is 0 Å². The molecular formula is C18H20Cl2N2OS. The van der Waals surface area contributed by atoms with Crippen LogP contribution < -0.4 is 5.73 Å². The van der Waals surface area contributed by atoms with Crippen molar-refractivity contribution in [3.8, 4) is 0 Å². The Morgan fingerprint density at radius 3 is 2.42 bits per heavy atom. The molecule has 1 atom stereocenters. The van der Waals surface area contributed by atoms with Gasteiger partial charge in [-0.15, -0.1) is 24.2 Å². The van der Waals surface area contributed by atoms with Crippen LogP contribution in [0.4, 0.5) is 0 Å². The molecule has 128 valence electrons. The lowest BCUT2D eigenvalue weighted by molar-refractivity contribution is 0.0791. The average Bonchev–Trinajstić information content (AvgIpc) is 3.01. The van der Waals surface area contributed by atoms with Crippen molar-refractivity contribution < 1.29 is 4.79 Å². The number of hydrogen-bond donors (Lipinski definition) is 1. The summed E-state index contributed by atoms with van der Waals surface area (Å²) in [7, 11) is 0. The molecule has 3 nitrogen and oxygen atoms in total. The van der Waals surface area contributed by atoms with Crippen LogP contribution >= 0.6 is 35.8 Å². The number of rotatable bonds is 4. The van der Waals surface area contributed by atoms with E-state index in [0.29, 0.717) is 6.54 Å². The summed E-state index contributed by atoms with van der Waals surface area (Å²) in [4.78, 5) is 15.4. The number of likely N-dealkylation sites (tertiary alicyclic amines) is 1. The van der Waals surface area contributed by atoms with Crippen LogP contribution in [-0.2, 0) is 5.75 Å². The molecule has 1 fully saturated rings. The minimum atomic E-state index is 0. The molecule has 24 heavy (non-hydrogen) atoms. The number of thioether (sulfide) groups is 1. The number of halogens is 2. The van der Waals surface area contributed by atoms with Crippen molar-refractivity contribution in [1.82, 2.24) is 4.90 Å². The minimum absolute atomic E-state index is 0. The highest BCUT2D eigenvalue weighted by Crippen LogP contribution is 2.24. The minimum Gasteiger partial charge on any atom is -0.337 e. The fraction of sp³-hybridized carbons (Fsp3) is 0.278. The first-order valence-corrected chi connectivity index (χ1v) is 9.00. The van der Waals surface area contributed by atoms with Crippen molar-refractivity contribution in [2.75, 3.05) is 13.1 Å². The second kappa shape index (κ2) is 8.77. The van der Waals surface area contributed by atoms with E-state index in [1.165, 1.54) is 10.5 Å². The third-order valence-electron chi connectivity index (χ3n) is 3.93. The smallest absolute Gasteiger partial charge is 0.253 e. The molecule has 2 aromatic rings. The molecule has 3 rings (SSSR count). The molecule has 0 saturated carbocycles. The molecule has 0 spiro atoms. The molecule has 0 radical (unpaired) electrons. The van der Waals surface area contributed by atoms with Gasteiger partial charge >= 0.3 is 0 Å². The van der Waals surface area contributed by atoms with E-state index in [1.807, 2.05) is 53.4 Å². The maximum atomic E-state index is 12.4. The van der Waals surface area contributed by atoms with E-state index in [2.05, 4.69) is 0 Å². The van der Waals surface area contributed by atoms with Gasteiger partial charge in [0.1, 0.15) is 0 Å². The van der Waals surface area contributed by atoms with Crippen LogP contribution in [0.2, 0.25) is 5.02 Å². The molecule has 0 bridgehead atoms. The third-order valence-corrected chi connectivity index (χ3v) is 5.27. The molecule has 2 N–H and O–H groups in total. The van der Waals surface area contributed by atoms with Gasteiger partial charge in [0, 0.05) is 40.4 Å². The Labute approximate surface area is 158 Å². The zero-order valence-corrected chi connectivity index (χ0v) is 15.5. The quantitative estimate of drug-likeness (QED) is 0.804. The Bertz CT molecular complexity index is 676. The Morgan fingerprint density at radius 1 is 1.17 bits per heavy atom. The number of carbonyl (C=O) groups excluding carboxylic acids is 1. The highest BCUT2D eigenvalue weighted by atomic mass is 35.5. The van der Waals surface area contributed by atoms with Crippen LogP contribution in [0.1, 0.15) is 22.3 Å². The van der Waals surface area contributed by atoms with Crippen molar-refractivity contribution in [3.63, 3.8) is 0 Å². The van der Waals surface area contributed by atoms with Gasteiger partial charge in [-0.05, 0) is 48.4 Å². The summed E-state index contributed by atoms with van der Waals surface area (Å²) in [5, 5.41) is 0.749. The van der Waals surface area contributed by atoms with Gasteiger partial charge in [0.25, 0.3) is 5.91 Å². The third kappa shape index (κ3) is 4.90. The first kappa shape index (κ1) is 19.1. The van der Waals surface area contributed by atoms with E-state index < -0.39 is 0 Å². The van der Waals surface area contributed by atoms with E-state index in [0.717, 1.165) is 29.3 Å². The average molecular weight is 383 g/mol. The van der Waals surface area contributed by atoms with Gasteiger partial charge in [-0.2, -0.15) is 0 Å². The lowest BCUT2D eigenvalue weighted by Gasteiger charge is -2.15. The normalized spacial score (nSPS) is 16.8. The predicted octanol–water partition coefficient (Wildman–Crippen LogP) is 4.23. The molecule has 0 aliphatic carbocycles. The van der Waals surface area contributed by atoms with Crippen LogP contribution in [0.5, 0.6) is 0 Å². The lowest BCUT2D eigenvalue weighted by Crippen LogP contribution is -2.31. The van der Waals surface area contributed by atoms with E-state index in [1.54, 1.807) is 11.8 Å². The first-order valence-electron chi connectivity index (χ1n) is 7.64. The number of nitrogens with two attached hydrogens (primary N) is 1. The van der Waals surface area contributed by atoms with Crippen LogP contribution in [0.3, 0.4) is 0 Å². The molecular weight excluding hydrogens is 363 g/mol. The molecule has 0 unspecified atom stereocenters. The van der Waals surface area contributed by atoms with Crippen molar-refractivity contribution in [1.29, 1.82) is 0 Å². The molecule has 2 aromatic carbocycles. The standard InChI is InChI=1S/C18H19ClN2OS.ClH/c19-15-5-7-17(8-6-15)23-12-13-1-3-14(4-2-13)18(22)21-10-9-16(20)11-21;/h1-8,16H,9-12,20H2;1H/t16-;/m1./s1. The number of amides is 1. The van der Waals surface area contributed by atoms with Gasteiger partial charge in [0.05, 0.1) is 0 Å². The molecule has 6 heteroatoms. The molecule has 1 saturated heterocycles. The predicted molar refractivity (Wildman–Crippen MR) is 103 cm³/mol. The van der Waals surface area contributed by atoms with Crippen molar-refractivity contribution in [3.05, 3.63) is 64.7 Å². The van der Waals surface area contributed by atoms with Crippen molar-refractivity contribution >= 4 is 41.7 Å². The van der Waals surface area contributed by atoms with E-state index in [9.17, 15) is 4.79 Å². The molecule has 1 amide bonds. The van der Waals surface area contributed by atoms with Crippen LogP contribution in [-0.4, -0.2) is 29.9 Å². The van der Waals surface area contributed by atoms with E-state index in [-0.39, 0.29) is 24.4 Å². The fourth-order valence-corrected chi connectivity index (χ4v) is 3.58. The van der Waals surface area contributed by atoms with Gasteiger partial charge in [0.2, 0.25) is 0 Å². The van der Waals surface area contributed by atoms with Gasteiger partial charge < -0.3 is 10.6 Å². The second-order valence-electron chi connectivity index (χ2n) is 5.74. The Hall–Kier alpha value is -1.20. The Balaban J connectivity index is 0.00000208. The molecule has 1 aliphatic heterocycles. The Kier molecular flexibility index (Phi) is 6.99. The number of benzene rings is 2. The lowest BCUT2D eigenvalue weighted by atomic mass is 10.1. The monoisotopic (exact) mass is 382 g/mol. The first-order chi connectivity index (χ1) is 11.1. The summed E-state index contributed by atoms with van der Waals surface area (Å²) in [6, 6.07) is 15.8. The highest BCUT2D eigenvalue weighted by molar-refractivity contribution is 7.98. The largest absolute Gasteiger partial charge is 0.337 e. The van der Waals surface area contributed by atoms with E-state index >= 15 is 0 Å². The Morgan fingerprint density at radius 2 is 1.83 bits per heavy atom. The molecule has 1 heterocycles. The number of hydrogen-bond acceptors (Lipinski definition) is 3. The van der Waals surface area contributed by atoms with Gasteiger partial charge in [-0.1, -0.05) is 23.7 Å². The summed E-state index contributed by atoms with van der Waals surface area (Å²) < 4.78 is 0. The number of carbonyl (C=O) groups is 1. The van der Waals surface area contributed by atoms with Crippen LogP contribution in [0, 0.1) is 0 Å². The summed E-state index contributed by atoms with van der Waals surface area (Å²) in [5.41, 5.74) is 7.79. The summed E-state index contributed by atoms with van der Waals surface area (Å²) in [6.07, 6.45) is 0.890. The SMILES string of the molecule is Cl.N[C@@H]1CCN(C(=O)c2ccc(CSc3ccc(Cl)cc3)cc2)C1. The number of nitrogens with zero attached hydrogens (tertiary/aromatic N) is 1. The summed E-state index contributed by atoms with van der Waals surface area (Å²) >= 11 is 7.64. The fourth-order valence-electron chi connectivity index (χ4n) is 2.60. The zero-order valence-electron chi connectivity index (χ0n) is 13.2. The maximum absolute atomic E-state index is 12.4. The topological polar surface area (TPSA) is 46.3 Å². The molecule has 0 aromatic heterocycles. The van der Waals surface area contributed by atoms with Crippen molar-refractivity contribution in [2.24, 2.45) is 5.73 Å². The van der Waals surface area contributed by atoms with Gasteiger partial charge in [0.15, 0.2) is 0 Å². The zero-order chi connectivity index (χ0) is 16.2. The van der Waals surface area contributed by atoms with Crippen molar-refractivity contribution in [2.45, 2.75) is 23.1 Å². The van der Waals surface area contributed by atoms with Crippen LogP contribution in [0.15, 0.2) is 53.4 Å². The maximum Gasteiger partial charge on any atom is 0.253 e. The van der Waals surface area contributed by atoms with Gasteiger partial charge in [-0.25, -0.2) is 0 Å². The van der Waals surface area contributed by atoms with E-state index in [4.69, 9.17) is 17.3 Å². The van der Waals surface area contributed by atoms with Gasteiger partial charge in [-0.3, -0.25) is 4.79 Å². The summed E-state index contributed by atoms with van der Waals surface area (Å²) in [5.74, 6) is 0.944.